The van der Waals surface area contributed by atoms with Gasteiger partial charge in [0.25, 0.3) is 0 Å². The fourth-order valence-electron chi connectivity index (χ4n) is 2.83. The SMILES string of the molecule is O=C(C=C1N[C@@H]2CCCC[C@H]2N1)c1ccc(Cl)cc1. The van der Waals surface area contributed by atoms with E-state index < -0.39 is 0 Å². The van der Waals surface area contributed by atoms with Crippen LogP contribution in [0.4, 0.5) is 0 Å². The summed E-state index contributed by atoms with van der Waals surface area (Å²) in [6, 6.07) is 7.95. The van der Waals surface area contributed by atoms with E-state index in [1.54, 1.807) is 30.3 Å². The Bertz CT molecular complexity index is 493. The lowest BCUT2D eigenvalue weighted by Gasteiger charge is -2.23. The van der Waals surface area contributed by atoms with Gasteiger partial charge < -0.3 is 10.6 Å². The zero-order valence-electron chi connectivity index (χ0n) is 10.7. The van der Waals surface area contributed by atoms with E-state index >= 15 is 0 Å². The third-order valence-electron chi connectivity index (χ3n) is 3.85. The minimum Gasteiger partial charge on any atom is -0.367 e. The predicted octanol–water partition coefficient (Wildman–Crippen LogP) is 2.87. The lowest BCUT2D eigenvalue weighted by Crippen LogP contribution is -2.36. The number of nitrogens with one attached hydrogen (secondary N) is 2. The molecule has 3 nitrogen and oxygen atoms in total. The maximum atomic E-state index is 12.1. The second-order valence-corrected chi connectivity index (χ2v) is 5.65. The third-order valence-corrected chi connectivity index (χ3v) is 4.10. The molecule has 0 amide bonds. The fourth-order valence-corrected chi connectivity index (χ4v) is 2.96. The van der Waals surface area contributed by atoms with Crippen LogP contribution >= 0.6 is 11.6 Å². The van der Waals surface area contributed by atoms with Gasteiger partial charge in [-0.3, -0.25) is 4.79 Å². The van der Waals surface area contributed by atoms with Crippen LogP contribution in [0.15, 0.2) is 36.2 Å². The molecule has 4 heteroatoms. The van der Waals surface area contributed by atoms with Crippen LogP contribution in [0.25, 0.3) is 0 Å². The number of carbonyl (C=O) groups excluding carboxylic acids is 1. The summed E-state index contributed by atoms with van der Waals surface area (Å²) in [4.78, 5) is 12.1. The predicted molar refractivity (Wildman–Crippen MR) is 76.2 cm³/mol. The standard InChI is InChI=1S/C15H17ClN2O/c16-11-7-5-10(6-8-11)14(19)9-15-17-12-3-1-2-4-13(12)18-15/h5-9,12-13,17-18H,1-4H2/t12-,13-/m1/s1. The normalized spacial score (nSPS) is 25.2. The van der Waals surface area contributed by atoms with E-state index in [4.69, 9.17) is 11.6 Å². The number of hydrogen-bond donors (Lipinski definition) is 2. The van der Waals surface area contributed by atoms with E-state index in [9.17, 15) is 4.79 Å². The topological polar surface area (TPSA) is 41.1 Å². The van der Waals surface area contributed by atoms with Crippen molar-refractivity contribution in [2.45, 2.75) is 37.8 Å². The van der Waals surface area contributed by atoms with Gasteiger partial charge in [0.2, 0.25) is 0 Å². The Morgan fingerprint density at radius 3 is 2.26 bits per heavy atom. The zero-order valence-corrected chi connectivity index (χ0v) is 11.4. The molecule has 0 unspecified atom stereocenters. The van der Waals surface area contributed by atoms with Crippen molar-refractivity contribution in [2.75, 3.05) is 0 Å². The lowest BCUT2D eigenvalue weighted by atomic mass is 9.92. The first kappa shape index (κ1) is 12.5. The van der Waals surface area contributed by atoms with Crippen molar-refractivity contribution in [1.82, 2.24) is 10.6 Å². The highest BCUT2D eigenvalue weighted by Gasteiger charge is 2.31. The van der Waals surface area contributed by atoms with Crippen molar-refractivity contribution in [1.29, 1.82) is 0 Å². The molecular weight excluding hydrogens is 260 g/mol. The van der Waals surface area contributed by atoms with E-state index in [1.807, 2.05) is 0 Å². The summed E-state index contributed by atoms with van der Waals surface area (Å²) in [6.07, 6.45) is 6.57. The van der Waals surface area contributed by atoms with Gasteiger partial charge in [0, 0.05) is 28.7 Å². The van der Waals surface area contributed by atoms with Gasteiger partial charge in [-0.2, -0.15) is 0 Å². The van der Waals surface area contributed by atoms with Gasteiger partial charge in [0.15, 0.2) is 5.78 Å². The molecule has 1 aliphatic carbocycles. The first-order chi connectivity index (χ1) is 9.22. The summed E-state index contributed by atoms with van der Waals surface area (Å²) in [5.74, 6) is 0.863. The molecule has 0 spiro atoms. The molecule has 0 bridgehead atoms. The van der Waals surface area contributed by atoms with Crippen LogP contribution in [0.1, 0.15) is 36.0 Å². The van der Waals surface area contributed by atoms with E-state index in [2.05, 4.69) is 10.6 Å². The number of allylic oxidation sites excluding steroid dienone is 1. The van der Waals surface area contributed by atoms with Crippen molar-refractivity contribution >= 4 is 17.4 Å². The molecule has 3 rings (SSSR count). The highest BCUT2D eigenvalue weighted by Crippen LogP contribution is 2.24. The van der Waals surface area contributed by atoms with Crippen LogP contribution in [0.3, 0.4) is 0 Å². The summed E-state index contributed by atoms with van der Waals surface area (Å²) in [5.41, 5.74) is 0.662. The Labute approximate surface area is 118 Å². The maximum absolute atomic E-state index is 12.1. The van der Waals surface area contributed by atoms with Gasteiger partial charge in [-0.15, -0.1) is 0 Å². The molecule has 100 valence electrons. The van der Waals surface area contributed by atoms with Crippen LogP contribution < -0.4 is 10.6 Å². The van der Waals surface area contributed by atoms with E-state index in [0.29, 0.717) is 22.7 Å². The molecule has 2 aliphatic rings. The number of ketones is 1. The average Bonchev–Trinajstić information content (AvgIpc) is 2.81. The van der Waals surface area contributed by atoms with E-state index in [0.717, 1.165) is 5.82 Å². The lowest BCUT2D eigenvalue weighted by molar-refractivity contribution is 0.104. The number of carbonyl (C=O) groups is 1. The Morgan fingerprint density at radius 2 is 1.68 bits per heavy atom. The minimum absolute atomic E-state index is 0.00492. The van der Waals surface area contributed by atoms with Crippen molar-refractivity contribution in [3.8, 4) is 0 Å². The smallest absolute Gasteiger partial charge is 0.189 e. The summed E-state index contributed by atoms with van der Waals surface area (Å²) < 4.78 is 0. The molecule has 2 atom stereocenters. The molecule has 1 aliphatic heterocycles. The van der Waals surface area contributed by atoms with Crippen molar-refractivity contribution in [3.63, 3.8) is 0 Å². The van der Waals surface area contributed by atoms with Gasteiger partial charge in [-0.25, -0.2) is 0 Å². The highest BCUT2D eigenvalue weighted by molar-refractivity contribution is 6.30. The molecule has 2 fully saturated rings. The summed E-state index contributed by atoms with van der Waals surface area (Å²) in [6.45, 7) is 0. The van der Waals surface area contributed by atoms with Crippen LogP contribution in [0, 0.1) is 0 Å². The van der Waals surface area contributed by atoms with Gasteiger partial charge in [-0.1, -0.05) is 24.4 Å². The van der Waals surface area contributed by atoms with Gasteiger partial charge in [0.05, 0.1) is 0 Å². The molecule has 2 N–H and O–H groups in total. The van der Waals surface area contributed by atoms with Gasteiger partial charge in [-0.05, 0) is 37.1 Å². The Kier molecular flexibility index (Phi) is 3.47. The van der Waals surface area contributed by atoms with Crippen LogP contribution in [-0.2, 0) is 0 Å². The fraction of sp³-hybridized carbons (Fsp3) is 0.400. The number of halogens is 1. The van der Waals surface area contributed by atoms with Crippen molar-refractivity contribution in [3.05, 3.63) is 46.7 Å². The number of benzene rings is 1. The summed E-state index contributed by atoms with van der Waals surface area (Å²) in [5, 5.41) is 7.46. The maximum Gasteiger partial charge on any atom is 0.189 e. The zero-order chi connectivity index (χ0) is 13.2. The Morgan fingerprint density at radius 1 is 1.11 bits per heavy atom. The first-order valence-corrected chi connectivity index (χ1v) is 7.15. The average molecular weight is 277 g/mol. The minimum atomic E-state index is 0.00492. The summed E-state index contributed by atoms with van der Waals surface area (Å²) in [7, 11) is 0. The molecule has 1 heterocycles. The van der Waals surface area contributed by atoms with Gasteiger partial charge in [0.1, 0.15) is 5.82 Å². The summed E-state index contributed by atoms with van der Waals surface area (Å²) >= 11 is 5.82. The number of hydrogen-bond acceptors (Lipinski definition) is 3. The molecule has 1 aromatic carbocycles. The molecule has 19 heavy (non-hydrogen) atoms. The monoisotopic (exact) mass is 276 g/mol. The molecular formula is C15H17ClN2O. The largest absolute Gasteiger partial charge is 0.367 e. The quantitative estimate of drug-likeness (QED) is 0.645. The highest BCUT2D eigenvalue weighted by atomic mass is 35.5. The van der Waals surface area contributed by atoms with Crippen LogP contribution in [0.2, 0.25) is 5.02 Å². The molecule has 1 saturated heterocycles. The molecule has 0 aromatic heterocycles. The first-order valence-electron chi connectivity index (χ1n) is 6.77. The van der Waals surface area contributed by atoms with Crippen molar-refractivity contribution < 1.29 is 4.79 Å². The van der Waals surface area contributed by atoms with E-state index in [-0.39, 0.29) is 5.78 Å². The third kappa shape index (κ3) is 2.76. The Balaban J connectivity index is 1.72. The Hall–Kier alpha value is -1.48. The molecule has 0 radical (unpaired) electrons. The second-order valence-electron chi connectivity index (χ2n) is 5.22. The van der Waals surface area contributed by atoms with Crippen LogP contribution in [0.5, 0.6) is 0 Å². The van der Waals surface area contributed by atoms with E-state index in [1.165, 1.54) is 25.7 Å². The molecule has 1 saturated carbocycles. The van der Waals surface area contributed by atoms with Gasteiger partial charge >= 0.3 is 0 Å². The number of fused-ring (bicyclic) bond motifs is 1. The second kappa shape index (κ2) is 5.25. The molecule has 1 aromatic rings. The number of rotatable bonds is 2. The van der Waals surface area contributed by atoms with Crippen molar-refractivity contribution in [2.24, 2.45) is 0 Å². The van der Waals surface area contributed by atoms with Crippen LogP contribution in [-0.4, -0.2) is 17.9 Å².